The van der Waals surface area contributed by atoms with E-state index in [1.807, 2.05) is 24.5 Å². The second-order valence-corrected chi connectivity index (χ2v) is 4.60. The molecule has 0 aliphatic heterocycles. The standard InChI is InChI=1S/C13H23N3/c1-4-11(2)13(14)10-16(3)9-12-5-7-15-8-6-12/h5-8,11,13H,4,9-10,14H2,1-3H3. The van der Waals surface area contributed by atoms with Crippen molar-refractivity contribution in [1.82, 2.24) is 9.88 Å². The molecule has 0 bridgehead atoms. The molecular weight excluding hydrogens is 198 g/mol. The Balaban J connectivity index is 2.39. The molecule has 2 atom stereocenters. The average molecular weight is 221 g/mol. The maximum Gasteiger partial charge on any atom is 0.0271 e. The van der Waals surface area contributed by atoms with Crippen LogP contribution in [0, 0.1) is 5.92 Å². The molecule has 3 heteroatoms. The maximum atomic E-state index is 6.13. The summed E-state index contributed by atoms with van der Waals surface area (Å²) in [6, 6.07) is 4.35. The summed E-state index contributed by atoms with van der Waals surface area (Å²) in [5, 5.41) is 0. The van der Waals surface area contributed by atoms with Crippen molar-refractivity contribution in [2.45, 2.75) is 32.9 Å². The van der Waals surface area contributed by atoms with Gasteiger partial charge in [0.1, 0.15) is 0 Å². The van der Waals surface area contributed by atoms with E-state index >= 15 is 0 Å². The Hall–Kier alpha value is -0.930. The highest BCUT2D eigenvalue weighted by atomic mass is 15.1. The largest absolute Gasteiger partial charge is 0.326 e. The fraction of sp³-hybridized carbons (Fsp3) is 0.615. The van der Waals surface area contributed by atoms with Crippen molar-refractivity contribution in [2.24, 2.45) is 11.7 Å². The molecule has 0 fully saturated rings. The van der Waals surface area contributed by atoms with Crippen molar-refractivity contribution in [3.8, 4) is 0 Å². The van der Waals surface area contributed by atoms with Crippen LogP contribution in [0.15, 0.2) is 24.5 Å². The highest BCUT2D eigenvalue weighted by molar-refractivity contribution is 5.09. The second kappa shape index (κ2) is 6.61. The van der Waals surface area contributed by atoms with E-state index in [4.69, 9.17) is 5.73 Å². The van der Waals surface area contributed by atoms with Gasteiger partial charge in [-0.1, -0.05) is 20.3 Å². The van der Waals surface area contributed by atoms with E-state index in [1.54, 1.807) is 0 Å². The fourth-order valence-electron chi connectivity index (χ4n) is 1.71. The number of hydrogen-bond donors (Lipinski definition) is 1. The van der Waals surface area contributed by atoms with Crippen LogP contribution in [0.25, 0.3) is 0 Å². The highest BCUT2D eigenvalue weighted by Crippen LogP contribution is 2.08. The first-order chi connectivity index (χ1) is 7.63. The predicted molar refractivity (Wildman–Crippen MR) is 68.0 cm³/mol. The normalized spacial score (nSPS) is 15.1. The summed E-state index contributed by atoms with van der Waals surface area (Å²) in [5.74, 6) is 0.583. The zero-order chi connectivity index (χ0) is 12.0. The van der Waals surface area contributed by atoms with Crippen LogP contribution in [0.1, 0.15) is 25.8 Å². The first kappa shape index (κ1) is 13.1. The minimum absolute atomic E-state index is 0.261. The van der Waals surface area contributed by atoms with E-state index in [2.05, 4.69) is 30.8 Å². The molecule has 3 nitrogen and oxygen atoms in total. The number of rotatable bonds is 6. The van der Waals surface area contributed by atoms with Crippen LogP contribution in [-0.4, -0.2) is 29.5 Å². The van der Waals surface area contributed by atoms with Crippen molar-refractivity contribution in [2.75, 3.05) is 13.6 Å². The smallest absolute Gasteiger partial charge is 0.0271 e. The number of aromatic nitrogens is 1. The molecular formula is C13H23N3. The summed E-state index contributed by atoms with van der Waals surface area (Å²) in [6.07, 6.45) is 4.81. The molecule has 0 amide bonds. The second-order valence-electron chi connectivity index (χ2n) is 4.60. The van der Waals surface area contributed by atoms with Gasteiger partial charge in [0, 0.05) is 31.5 Å². The summed E-state index contributed by atoms with van der Waals surface area (Å²) < 4.78 is 0. The molecule has 1 aromatic rings. The first-order valence-corrected chi connectivity index (χ1v) is 5.96. The van der Waals surface area contributed by atoms with Crippen LogP contribution in [0.5, 0.6) is 0 Å². The van der Waals surface area contributed by atoms with E-state index in [0.29, 0.717) is 5.92 Å². The quantitative estimate of drug-likeness (QED) is 0.797. The van der Waals surface area contributed by atoms with Gasteiger partial charge in [0.25, 0.3) is 0 Å². The summed E-state index contributed by atoms with van der Waals surface area (Å²) in [4.78, 5) is 6.28. The van der Waals surface area contributed by atoms with Crippen molar-refractivity contribution >= 4 is 0 Å². The van der Waals surface area contributed by atoms with Gasteiger partial charge < -0.3 is 10.6 Å². The predicted octanol–water partition coefficient (Wildman–Crippen LogP) is 1.89. The number of pyridine rings is 1. The first-order valence-electron chi connectivity index (χ1n) is 5.96. The lowest BCUT2D eigenvalue weighted by atomic mass is 10.00. The molecule has 2 unspecified atom stereocenters. The van der Waals surface area contributed by atoms with Gasteiger partial charge in [0.15, 0.2) is 0 Å². The van der Waals surface area contributed by atoms with Crippen LogP contribution in [0.4, 0.5) is 0 Å². The molecule has 0 aliphatic carbocycles. The number of hydrogen-bond acceptors (Lipinski definition) is 3. The van der Waals surface area contributed by atoms with Gasteiger partial charge in [-0.2, -0.15) is 0 Å². The lowest BCUT2D eigenvalue weighted by molar-refractivity contribution is 0.267. The summed E-state index contributed by atoms with van der Waals surface area (Å²) in [7, 11) is 2.11. The van der Waals surface area contributed by atoms with Gasteiger partial charge >= 0.3 is 0 Å². The number of likely N-dealkylation sites (N-methyl/N-ethyl adjacent to an activating group) is 1. The Kier molecular flexibility index (Phi) is 5.43. The van der Waals surface area contributed by atoms with Crippen LogP contribution >= 0.6 is 0 Å². The lowest BCUT2D eigenvalue weighted by Crippen LogP contribution is -2.39. The Morgan fingerprint density at radius 3 is 2.56 bits per heavy atom. The molecule has 1 aromatic heterocycles. The van der Waals surface area contributed by atoms with Gasteiger partial charge in [-0.05, 0) is 30.7 Å². The molecule has 16 heavy (non-hydrogen) atoms. The van der Waals surface area contributed by atoms with E-state index in [1.165, 1.54) is 5.56 Å². The third-order valence-electron chi connectivity index (χ3n) is 3.10. The molecule has 1 rings (SSSR count). The monoisotopic (exact) mass is 221 g/mol. The molecule has 0 spiro atoms. The zero-order valence-electron chi connectivity index (χ0n) is 10.6. The van der Waals surface area contributed by atoms with Gasteiger partial charge in [-0.3, -0.25) is 4.98 Å². The van der Waals surface area contributed by atoms with Crippen molar-refractivity contribution in [3.63, 3.8) is 0 Å². The Bertz CT molecular complexity index is 286. The van der Waals surface area contributed by atoms with Crippen molar-refractivity contribution in [3.05, 3.63) is 30.1 Å². The molecule has 0 saturated carbocycles. The van der Waals surface area contributed by atoms with Gasteiger partial charge in [-0.25, -0.2) is 0 Å². The Labute approximate surface area is 98.7 Å². The molecule has 0 radical (unpaired) electrons. The maximum absolute atomic E-state index is 6.13. The van der Waals surface area contributed by atoms with E-state index < -0.39 is 0 Å². The minimum Gasteiger partial charge on any atom is -0.326 e. The SMILES string of the molecule is CCC(C)C(N)CN(C)Cc1ccncc1. The molecule has 0 saturated heterocycles. The number of nitrogens with zero attached hydrogens (tertiary/aromatic N) is 2. The number of nitrogens with two attached hydrogens (primary N) is 1. The molecule has 0 aliphatic rings. The van der Waals surface area contributed by atoms with Crippen LogP contribution < -0.4 is 5.73 Å². The summed E-state index contributed by atoms with van der Waals surface area (Å²) in [6.45, 7) is 6.28. The van der Waals surface area contributed by atoms with Gasteiger partial charge in [-0.15, -0.1) is 0 Å². The third kappa shape index (κ3) is 4.29. The third-order valence-corrected chi connectivity index (χ3v) is 3.10. The van der Waals surface area contributed by atoms with Gasteiger partial charge in [0.05, 0.1) is 0 Å². The van der Waals surface area contributed by atoms with Crippen molar-refractivity contribution in [1.29, 1.82) is 0 Å². The summed E-state index contributed by atoms with van der Waals surface area (Å²) >= 11 is 0. The zero-order valence-corrected chi connectivity index (χ0v) is 10.6. The van der Waals surface area contributed by atoms with E-state index in [-0.39, 0.29) is 6.04 Å². The Morgan fingerprint density at radius 1 is 1.38 bits per heavy atom. The fourth-order valence-corrected chi connectivity index (χ4v) is 1.71. The Morgan fingerprint density at radius 2 is 2.00 bits per heavy atom. The van der Waals surface area contributed by atoms with Crippen LogP contribution in [-0.2, 0) is 6.54 Å². The lowest BCUT2D eigenvalue weighted by Gasteiger charge is -2.25. The topological polar surface area (TPSA) is 42.1 Å². The highest BCUT2D eigenvalue weighted by Gasteiger charge is 2.12. The van der Waals surface area contributed by atoms with Crippen LogP contribution in [0.3, 0.4) is 0 Å². The van der Waals surface area contributed by atoms with E-state index in [9.17, 15) is 0 Å². The minimum atomic E-state index is 0.261. The van der Waals surface area contributed by atoms with E-state index in [0.717, 1.165) is 19.5 Å². The molecule has 2 N–H and O–H groups in total. The molecule has 0 aromatic carbocycles. The molecule has 1 heterocycles. The van der Waals surface area contributed by atoms with Crippen molar-refractivity contribution < 1.29 is 0 Å². The van der Waals surface area contributed by atoms with Crippen LogP contribution in [0.2, 0.25) is 0 Å². The summed E-state index contributed by atoms with van der Waals surface area (Å²) in [5.41, 5.74) is 7.41. The average Bonchev–Trinajstić information content (AvgIpc) is 2.29. The van der Waals surface area contributed by atoms with Gasteiger partial charge in [0.2, 0.25) is 0 Å². The molecule has 90 valence electrons.